The maximum atomic E-state index is 12.3. The number of esters is 2. The van der Waals surface area contributed by atoms with Gasteiger partial charge in [-0.1, -0.05) is 29.8 Å². The van der Waals surface area contributed by atoms with Crippen LogP contribution in [0.1, 0.15) is 35.4 Å². The number of likely N-dealkylation sites (tertiary alicyclic amines) is 1. The number of aromatic nitrogens is 2. The van der Waals surface area contributed by atoms with Crippen molar-refractivity contribution >= 4 is 35.5 Å². The number of carbonyl (C=O) groups excluding carboxylic acids is 3. The van der Waals surface area contributed by atoms with Crippen molar-refractivity contribution in [2.45, 2.75) is 33.2 Å². The highest BCUT2D eigenvalue weighted by molar-refractivity contribution is 6.31. The molecule has 2 aromatic rings. The summed E-state index contributed by atoms with van der Waals surface area (Å²) in [6.45, 7) is 4.84. The van der Waals surface area contributed by atoms with Gasteiger partial charge in [0.1, 0.15) is 0 Å². The van der Waals surface area contributed by atoms with Crippen molar-refractivity contribution in [1.29, 1.82) is 0 Å². The SMILES string of the molecule is COC(=O)C1CCN(C(=O)COC(=O)C=Cc2c(C)nn(Cc3ccccc3Cl)c2C)CC1. The zero-order valence-electron chi connectivity index (χ0n) is 19.0. The maximum Gasteiger partial charge on any atom is 0.331 e. The molecule has 0 atom stereocenters. The Hall–Kier alpha value is -3.13. The molecule has 1 aliphatic rings. The van der Waals surface area contributed by atoms with Gasteiger partial charge in [-0.05, 0) is 44.4 Å². The molecule has 0 spiro atoms. The number of amides is 1. The number of aryl methyl sites for hydroxylation is 1. The highest BCUT2D eigenvalue weighted by Crippen LogP contribution is 2.21. The van der Waals surface area contributed by atoms with Gasteiger partial charge >= 0.3 is 11.9 Å². The van der Waals surface area contributed by atoms with Gasteiger partial charge in [-0.3, -0.25) is 14.3 Å². The first-order valence-electron chi connectivity index (χ1n) is 10.8. The van der Waals surface area contributed by atoms with Gasteiger partial charge in [0.05, 0.1) is 25.3 Å². The van der Waals surface area contributed by atoms with Gasteiger partial charge in [0.15, 0.2) is 6.61 Å². The van der Waals surface area contributed by atoms with E-state index < -0.39 is 5.97 Å². The zero-order valence-corrected chi connectivity index (χ0v) is 19.8. The van der Waals surface area contributed by atoms with Gasteiger partial charge in [-0.2, -0.15) is 5.10 Å². The number of piperidine rings is 1. The van der Waals surface area contributed by atoms with Gasteiger partial charge in [0, 0.05) is 35.4 Å². The lowest BCUT2D eigenvalue weighted by atomic mass is 9.97. The second-order valence-electron chi connectivity index (χ2n) is 7.95. The lowest BCUT2D eigenvalue weighted by Gasteiger charge is -2.30. The molecule has 1 aliphatic heterocycles. The molecule has 33 heavy (non-hydrogen) atoms. The van der Waals surface area contributed by atoms with Crippen molar-refractivity contribution in [3.8, 4) is 0 Å². The molecule has 1 aromatic carbocycles. The molecule has 8 nitrogen and oxygen atoms in total. The Labute approximate surface area is 198 Å². The van der Waals surface area contributed by atoms with Crippen LogP contribution in [0.25, 0.3) is 6.08 Å². The predicted octanol–water partition coefficient (Wildman–Crippen LogP) is 3.17. The van der Waals surface area contributed by atoms with Crippen molar-refractivity contribution < 1.29 is 23.9 Å². The first-order chi connectivity index (χ1) is 15.8. The number of hydrogen-bond acceptors (Lipinski definition) is 6. The first-order valence-corrected chi connectivity index (χ1v) is 11.2. The van der Waals surface area contributed by atoms with Crippen LogP contribution in [0, 0.1) is 19.8 Å². The van der Waals surface area contributed by atoms with Crippen LogP contribution >= 0.6 is 11.6 Å². The lowest BCUT2D eigenvalue weighted by Crippen LogP contribution is -2.42. The second-order valence-corrected chi connectivity index (χ2v) is 8.36. The third-order valence-corrected chi connectivity index (χ3v) is 6.19. The van der Waals surface area contributed by atoms with Gasteiger partial charge < -0.3 is 14.4 Å². The van der Waals surface area contributed by atoms with Crippen LogP contribution in [-0.4, -0.2) is 59.3 Å². The fourth-order valence-corrected chi connectivity index (χ4v) is 4.04. The van der Waals surface area contributed by atoms with Crippen LogP contribution in [-0.2, 0) is 30.4 Å². The number of nitrogens with zero attached hydrogens (tertiary/aromatic N) is 3. The molecule has 0 N–H and O–H groups in total. The van der Waals surface area contributed by atoms with E-state index in [9.17, 15) is 14.4 Å². The van der Waals surface area contributed by atoms with Crippen LogP contribution in [0.5, 0.6) is 0 Å². The van der Waals surface area contributed by atoms with Gasteiger partial charge in [-0.15, -0.1) is 0 Å². The summed E-state index contributed by atoms with van der Waals surface area (Å²) in [5, 5.41) is 5.22. The van der Waals surface area contributed by atoms with Crippen molar-refractivity contribution in [3.63, 3.8) is 0 Å². The van der Waals surface area contributed by atoms with E-state index in [1.165, 1.54) is 13.2 Å². The van der Waals surface area contributed by atoms with Gasteiger partial charge in [-0.25, -0.2) is 4.79 Å². The van der Waals surface area contributed by atoms with Crippen LogP contribution in [0.3, 0.4) is 0 Å². The van der Waals surface area contributed by atoms with Crippen LogP contribution < -0.4 is 0 Å². The largest absolute Gasteiger partial charge is 0.469 e. The molecule has 2 heterocycles. The Morgan fingerprint density at radius 1 is 1.18 bits per heavy atom. The molecule has 0 radical (unpaired) electrons. The van der Waals surface area contributed by atoms with E-state index in [4.69, 9.17) is 21.1 Å². The van der Waals surface area contributed by atoms with Crippen LogP contribution in [0.2, 0.25) is 5.02 Å². The molecule has 1 saturated heterocycles. The molecule has 0 aliphatic carbocycles. The molecule has 0 unspecified atom stereocenters. The molecule has 1 amide bonds. The molecule has 1 fully saturated rings. The summed E-state index contributed by atoms with van der Waals surface area (Å²) in [6.07, 6.45) is 4.04. The van der Waals surface area contributed by atoms with Gasteiger partial charge in [0.2, 0.25) is 0 Å². The third kappa shape index (κ3) is 6.22. The van der Waals surface area contributed by atoms with E-state index in [1.807, 2.05) is 42.8 Å². The molecule has 3 rings (SSSR count). The number of halogens is 1. The summed E-state index contributed by atoms with van der Waals surface area (Å²) >= 11 is 6.25. The number of rotatable bonds is 7. The number of benzene rings is 1. The van der Waals surface area contributed by atoms with E-state index in [0.29, 0.717) is 37.5 Å². The number of carbonyl (C=O) groups is 3. The normalized spacial score (nSPS) is 14.5. The Morgan fingerprint density at radius 2 is 1.88 bits per heavy atom. The Bertz CT molecular complexity index is 1050. The molecular formula is C24H28ClN3O5. The average molecular weight is 474 g/mol. The highest BCUT2D eigenvalue weighted by Gasteiger charge is 2.28. The number of methoxy groups -OCH3 is 1. The van der Waals surface area contributed by atoms with E-state index in [-0.39, 0.29) is 24.4 Å². The minimum Gasteiger partial charge on any atom is -0.469 e. The standard InChI is InChI=1S/C24H28ClN3O5/c1-16-20(17(2)28(26-16)14-19-6-4-5-7-21(19)25)8-9-23(30)33-15-22(29)27-12-10-18(11-13-27)24(31)32-3/h4-9,18H,10-15H2,1-3H3. The molecular weight excluding hydrogens is 446 g/mol. The first kappa shape index (κ1) is 24.5. The summed E-state index contributed by atoms with van der Waals surface area (Å²) in [5.41, 5.74) is 3.43. The Morgan fingerprint density at radius 3 is 2.55 bits per heavy atom. The quantitative estimate of drug-likeness (QED) is 0.453. The minimum absolute atomic E-state index is 0.185. The number of hydrogen-bond donors (Lipinski definition) is 0. The monoisotopic (exact) mass is 473 g/mol. The summed E-state index contributed by atoms with van der Waals surface area (Å²) in [6, 6.07) is 7.58. The lowest BCUT2D eigenvalue weighted by molar-refractivity contribution is -0.151. The zero-order chi connectivity index (χ0) is 24.0. The Balaban J connectivity index is 1.52. The highest BCUT2D eigenvalue weighted by atomic mass is 35.5. The van der Waals surface area contributed by atoms with Crippen molar-refractivity contribution in [3.05, 3.63) is 57.9 Å². The van der Waals surface area contributed by atoms with Gasteiger partial charge in [0.25, 0.3) is 5.91 Å². The second kappa shape index (κ2) is 11.1. The van der Waals surface area contributed by atoms with Crippen LogP contribution in [0.15, 0.2) is 30.3 Å². The maximum absolute atomic E-state index is 12.3. The van der Waals surface area contributed by atoms with Crippen molar-refractivity contribution in [2.75, 3.05) is 26.8 Å². The molecule has 0 bridgehead atoms. The predicted molar refractivity (Wildman–Crippen MR) is 124 cm³/mol. The third-order valence-electron chi connectivity index (χ3n) is 5.82. The van der Waals surface area contributed by atoms with E-state index in [0.717, 1.165) is 22.5 Å². The molecule has 1 aromatic heterocycles. The van der Waals surface area contributed by atoms with Crippen molar-refractivity contribution in [2.24, 2.45) is 5.92 Å². The smallest absolute Gasteiger partial charge is 0.331 e. The fraction of sp³-hybridized carbons (Fsp3) is 0.417. The fourth-order valence-electron chi connectivity index (χ4n) is 3.85. The molecule has 9 heteroatoms. The summed E-state index contributed by atoms with van der Waals surface area (Å²) in [7, 11) is 1.36. The van der Waals surface area contributed by atoms with E-state index >= 15 is 0 Å². The van der Waals surface area contributed by atoms with Crippen molar-refractivity contribution in [1.82, 2.24) is 14.7 Å². The van der Waals surface area contributed by atoms with E-state index in [2.05, 4.69) is 5.10 Å². The van der Waals surface area contributed by atoms with E-state index in [1.54, 1.807) is 11.0 Å². The summed E-state index contributed by atoms with van der Waals surface area (Å²) < 4.78 is 11.7. The molecule has 176 valence electrons. The topological polar surface area (TPSA) is 90.7 Å². The molecule has 0 saturated carbocycles. The number of ether oxygens (including phenoxy) is 2. The summed E-state index contributed by atoms with van der Waals surface area (Å²) in [4.78, 5) is 37.7. The van der Waals surface area contributed by atoms with Crippen LogP contribution in [0.4, 0.5) is 0 Å². The average Bonchev–Trinajstić information content (AvgIpc) is 3.09. The Kier molecular flexibility index (Phi) is 8.27. The summed E-state index contributed by atoms with van der Waals surface area (Å²) in [5.74, 6) is -1.32. The minimum atomic E-state index is -0.606.